The molecular weight excluding hydrogens is 270 g/mol. The minimum absolute atomic E-state index is 0.0562. The highest BCUT2D eigenvalue weighted by atomic mass is 32.1. The number of aromatic nitrogens is 2. The quantitative estimate of drug-likeness (QED) is 0.920. The van der Waals surface area contributed by atoms with Gasteiger partial charge in [0.15, 0.2) is 0 Å². The van der Waals surface area contributed by atoms with Gasteiger partial charge in [0.2, 0.25) is 0 Å². The summed E-state index contributed by atoms with van der Waals surface area (Å²) in [6, 6.07) is 10.5. The summed E-state index contributed by atoms with van der Waals surface area (Å²) in [6.45, 7) is 0.735. The Morgan fingerprint density at radius 1 is 1.30 bits per heavy atom. The molecule has 0 spiro atoms. The molecule has 1 saturated carbocycles. The third-order valence-electron chi connectivity index (χ3n) is 4.05. The zero-order valence-electron chi connectivity index (χ0n) is 11.2. The molecule has 1 fully saturated rings. The lowest BCUT2D eigenvalue weighted by molar-refractivity contribution is 0.0863. The van der Waals surface area contributed by atoms with E-state index in [1.807, 2.05) is 6.07 Å². The molecule has 3 rings (SSSR count). The first-order valence-electron chi connectivity index (χ1n) is 6.87. The van der Waals surface area contributed by atoms with Crippen molar-refractivity contribution in [1.29, 1.82) is 0 Å². The van der Waals surface area contributed by atoms with Crippen LogP contribution in [0.4, 0.5) is 0 Å². The van der Waals surface area contributed by atoms with Crippen molar-refractivity contribution in [2.75, 3.05) is 6.54 Å². The van der Waals surface area contributed by atoms with Gasteiger partial charge >= 0.3 is 0 Å². The van der Waals surface area contributed by atoms with E-state index in [0.29, 0.717) is 4.88 Å². The van der Waals surface area contributed by atoms with Crippen LogP contribution in [-0.2, 0) is 6.42 Å². The second-order valence-electron chi connectivity index (χ2n) is 5.48. The van der Waals surface area contributed by atoms with Crippen molar-refractivity contribution in [3.8, 4) is 0 Å². The summed E-state index contributed by atoms with van der Waals surface area (Å²) in [6.07, 6.45) is 6.18. The molecule has 1 heterocycles. The number of amides is 1. The third-order valence-corrected chi connectivity index (χ3v) is 4.71. The predicted octanol–water partition coefficient (Wildman–Crippen LogP) is 2.68. The first-order valence-corrected chi connectivity index (χ1v) is 7.64. The molecular formula is C15H17N3OS. The van der Waals surface area contributed by atoms with E-state index in [9.17, 15) is 4.79 Å². The number of nitrogens with one attached hydrogen (secondary N) is 1. The van der Waals surface area contributed by atoms with Gasteiger partial charge in [-0.05, 0) is 41.8 Å². The minimum atomic E-state index is -0.0562. The van der Waals surface area contributed by atoms with Crippen molar-refractivity contribution in [2.45, 2.75) is 25.7 Å². The molecule has 104 valence electrons. The first kappa shape index (κ1) is 13.2. The fraction of sp³-hybridized carbons (Fsp3) is 0.400. The Morgan fingerprint density at radius 3 is 2.70 bits per heavy atom. The Balaban J connectivity index is 1.61. The molecule has 2 aromatic rings. The number of nitrogens with zero attached hydrogens (tertiary/aromatic N) is 2. The zero-order valence-corrected chi connectivity index (χ0v) is 12.0. The highest BCUT2D eigenvalue weighted by Gasteiger charge is 2.37. The molecule has 0 unspecified atom stereocenters. The maximum atomic E-state index is 12.0. The summed E-state index contributed by atoms with van der Waals surface area (Å²) in [5.74, 6) is -0.0562. The van der Waals surface area contributed by atoms with Crippen LogP contribution in [-0.4, -0.2) is 22.0 Å². The number of carbonyl (C=O) groups is 1. The van der Waals surface area contributed by atoms with Crippen LogP contribution < -0.4 is 5.32 Å². The van der Waals surface area contributed by atoms with Crippen LogP contribution in [0.5, 0.6) is 0 Å². The molecule has 1 aliphatic carbocycles. The van der Waals surface area contributed by atoms with Crippen LogP contribution in [0.3, 0.4) is 0 Å². The lowest BCUT2D eigenvalue weighted by atomic mass is 9.65. The molecule has 5 heteroatoms. The average molecular weight is 287 g/mol. The van der Waals surface area contributed by atoms with Gasteiger partial charge in [-0.3, -0.25) is 4.79 Å². The zero-order chi connectivity index (χ0) is 13.8. The molecule has 1 amide bonds. The normalized spacial score (nSPS) is 16.4. The Kier molecular flexibility index (Phi) is 3.78. The second kappa shape index (κ2) is 5.71. The summed E-state index contributed by atoms with van der Waals surface area (Å²) in [5, 5.41) is 6.74. The lowest BCUT2D eigenvalue weighted by Crippen LogP contribution is -2.43. The molecule has 20 heavy (non-hydrogen) atoms. The molecule has 1 aromatic heterocycles. The van der Waals surface area contributed by atoms with Crippen LogP contribution >= 0.6 is 11.5 Å². The van der Waals surface area contributed by atoms with Gasteiger partial charge < -0.3 is 5.32 Å². The second-order valence-corrected chi connectivity index (χ2v) is 6.27. The fourth-order valence-corrected chi connectivity index (χ4v) is 3.18. The van der Waals surface area contributed by atoms with E-state index in [0.717, 1.165) is 24.5 Å². The molecule has 1 aliphatic rings. The molecule has 0 aliphatic heterocycles. The van der Waals surface area contributed by atoms with Crippen molar-refractivity contribution in [3.05, 3.63) is 47.0 Å². The minimum Gasteiger partial charge on any atom is -0.351 e. The van der Waals surface area contributed by atoms with Crippen LogP contribution in [0.15, 0.2) is 36.5 Å². The Hall–Kier alpha value is -1.75. The molecule has 0 radical (unpaired) electrons. The fourth-order valence-electron chi connectivity index (χ4n) is 2.74. The van der Waals surface area contributed by atoms with E-state index in [2.05, 4.69) is 39.2 Å². The average Bonchev–Trinajstić information content (AvgIpc) is 2.96. The number of carbonyl (C=O) groups excluding carboxylic acids is 1. The Bertz CT molecular complexity index is 564. The molecule has 0 atom stereocenters. The Morgan fingerprint density at radius 2 is 2.10 bits per heavy atom. The number of hydrogen-bond acceptors (Lipinski definition) is 4. The maximum Gasteiger partial charge on any atom is 0.264 e. The topological polar surface area (TPSA) is 54.9 Å². The summed E-state index contributed by atoms with van der Waals surface area (Å²) >= 11 is 1.14. The van der Waals surface area contributed by atoms with Crippen molar-refractivity contribution in [1.82, 2.24) is 14.9 Å². The first-order chi connectivity index (χ1) is 9.77. The van der Waals surface area contributed by atoms with E-state index in [1.165, 1.54) is 31.0 Å². The van der Waals surface area contributed by atoms with Gasteiger partial charge in [-0.2, -0.15) is 0 Å². The maximum absolute atomic E-state index is 12.0. The SMILES string of the molecule is O=C(NCC1(Cc2ccccc2)CCC1)c1cnns1. The third kappa shape index (κ3) is 2.88. The number of rotatable bonds is 5. The Labute approximate surface area is 122 Å². The van der Waals surface area contributed by atoms with Crippen molar-refractivity contribution in [2.24, 2.45) is 5.41 Å². The smallest absolute Gasteiger partial charge is 0.264 e. The summed E-state index contributed by atoms with van der Waals surface area (Å²) in [5.41, 5.74) is 1.58. The summed E-state index contributed by atoms with van der Waals surface area (Å²) in [4.78, 5) is 12.5. The van der Waals surface area contributed by atoms with Gasteiger partial charge in [0.1, 0.15) is 4.88 Å². The standard InChI is InChI=1S/C15H17N3OS/c19-14(13-10-17-18-20-13)16-11-15(7-4-8-15)9-12-5-2-1-3-6-12/h1-3,5-6,10H,4,7-9,11H2,(H,16,19). The van der Waals surface area contributed by atoms with Crippen molar-refractivity contribution < 1.29 is 4.79 Å². The van der Waals surface area contributed by atoms with Gasteiger partial charge in [-0.25, -0.2) is 0 Å². The van der Waals surface area contributed by atoms with Gasteiger partial charge in [0.05, 0.1) is 6.20 Å². The highest BCUT2D eigenvalue weighted by Crippen LogP contribution is 2.43. The van der Waals surface area contributed by atoms with E-state index in [-0.39, 0.29) is 11.3 Å². The van der Waals surface area contributed by atoms with Crippen LogP contribution in [0.1, 0.15) is 34.5 Å². The largest absolute Gasteiger partial charge is 0.351 e. The highest BCUT2D eigenvalue weighted by molar-refractivity contribution is 7.07. The monoisotopic (exact) mass is 287 g/mol. The van der Waals surface area contributed by atoms with Gasteiger partial charge in [0.25, 0.3) is 5.91 Å². The van der Waals surface area contributed by atoms with Crippen LogP contribution in [0.25, 0.3) is 0 Å². The molecule has 1 aromatic carbocycles. The number of benzene rings is 1. The van der Waals surface area contributed by atoms with E-state index >= 15 is 0 Å². The van der Waals surface area contributed by atoms with Gasteiger partial charge in [-0.15, -0.1) is 5.10 Å². The molecule has 0 bridgehead atoms. The van der Waals surface area contributed by atoms with Crippen LogP contribution in [0.2, 0.25) is 0 Å². The van der Waals surface area contributed by atoms with Crippen molar-refractivity contribution >= 4 is 17.4 Å². The summed E-state index contributed by atoms with van der Waals surface area (Å²) in [7, 11) is 0. The van der Waals surface area contributed by atoms with Crippen molar-refractivity contribution in [3.63, 3.8) is 0 Å². The molecule has 0 saturated heterocycles. The van der Waals surface area contributed by atoms with E-state index < -0.39 is 0 Å². The van der Waals surface area contributed by atoms with E-state index in [1.54, 1.807) is 0 Å². The molecule has 1 N–H and O–H groups in total. The summed E-state index contributed by atoms with van der Waals surface area (Å²) < 4.78 is 3.72. The lowest BCUT2D eigenvalue weighted by Gasteiger charge is -2.42. The molecule has 4 nitrogen and oxygen atoms in total. The van der Waals surface area contributed by atoms with Gasteiger partial charge in [-0.1, -0.05) is 41.2 Å². The van der Waals surface area contributed by atoms with Crippen LogP contribution in [0, 0.1) is 5.41 Å². The number of hydrogen-bond donors (Lipinski definition) is 1. The van der Waals surface area contributed by atoms with Gasteiger partial charge in [0, 0.05) is 6.54 Å². The predicted molar refractivity (Wildman–Crippen MR) is 78.7 cm³/mol. The van der Waals surface area contributed by atoms with E-state index in [4.69, 9.17) is 0 Å².